The molecule has 2 aromatic rings. The highest BCUT2D eigenvalue weighted by Gasteiger charge is 2.30. The minimum absolute atomic E-state index is 0.233. The molecule has 8 heteroatoms. The van der Waals surface area contributed by atoms with Crippen molar-refractivity contribution in [3.05, 3.63) is 81.2 Å². The Morgan fingerprint density at radius 3 is 2.64 bits per heavy atom. The Labute approximate surface area is 175 Å². The number of hydrogen-bond donors (Lipinski definition) is 1. The number of amides is 1. The van der Waals surface area contributed by atoms with E-state index in [1.165, 1.54) is 23.9 Å². The van der Waals surface area contributed by atoms with Crippen molar-refractivity contribution in [2.24, 2.45) is 5.10 Å². The second-order valence-electron chi connectivity index (χ2n) is 6.20. The van der Waals surface area contributed by atoms with Gasteiger partial charge >= 0.3 is 0 Å². The molecule has 1 N–H and O–H groups in total. The molecule has 2 heterocycles. The number of nitrogens with one attached hydrogen (secondary N) is 1. The van der Waals surface area contributed by atoms with Gasteiger partial charge in [0.2, 0.25) is 0 Å². The topological polar surface area (TPSA) is 44.7 Å². The van der Waals surface area contributed by atoms with Gasteiger partial charge in [-0.05, 0) is 55.0 Å². The van der Waals surface area contributed by atoms with E-state index >= 15 is 0 Å². The average molecular weight is 434 g/mol. The summed E-state index contributed by atoms with van der Waals surface area (Å²) in [5, 5.41) is 10.6. The van der Waals surface area contributed by atoms with Crippen LogP contribution in [0.1, 0.15) is 11.1 Å². The molecule has 0 saturated heterocycles. The predicted octanol–water partition coefficient (Wildman–Crippen LogP) is 5.22. The van der Waals surface area contributed by atoms with Gasteiger partial charge in [-0.3, -0.25) is 4.79 Å². The number of nitrogens with zero attached hydrogens (tertiary/aromatic N) is 2. The molecule has 0 saturated carbocycles. The first-order valence-electron chi connectivity index (χ1n) is 8.39. The lowest BCUT2D eigenvalue weighted by Gasteiger charge is -2.31. The molecule has 2 aliphatic heterocycles. The van der Waals surface area contributed by atoms with E-state index in [0.29, 0.717) is 26.9 Å². The van der Waals surface area contributed by atoms with Crippen LogP contribution in [0.5, 0.6) is 0 Å². The Kier molecular flexibility index (Phi) is 5.19. The van der Waals surface area contributed by atoms with Crippen LogP contribution in [0, 0.1) is 12.7 Å². The molecule has 4 nitrogen and oxygen atoms in total. The first-order chi connectivity index (χ1) is 13.4. The van der Waals surface area contributed by atoms with Crippen LogP contribution in [0.3, 0.4) is 0 Å². The van der Waals surface area contributed by atoms with Crippen LogP contribution in [-0.2, 0) is 4.79 Å². The summed E-state index contributed by atoms with van der Waals surface area (Å²) in [6, 6.07) is 9.75. The molecule has 142 valence electrons. The summed E-state index contributed by atoms with van der Waals surface area (Å²) in [7, 11) is 0. The number of hydrogen-bond acceptors (Lipinski definition) is 4. The Hall–Kier alpha value is -2.28. The van der Waals surface area contributed by atoms with Gasteiger partial charge in [0.25, 0.3) is 5.91 Å². The molecule has 2 aliphatic rings. The molecule has 0 unspecified atom stereocenters. The fraction of sp³-hybridized carbons (Fsp3) is 0.100. The average Bonchev–Trinajstić information content (AvgIpc) is 2.65. The highest BCUT2D eigenvalue weighted by Crippen LogP contribution is 2.37. The second kappa shape index (κ2) is 7.62. The maximum absolute atomic E-state index is 13.3. The number of halogens is 3. The van der Waals surface area contributed by atoms with Crippen molar-refractivity contribution in [3.63, 3.8) is 0 Å². The quantitative estimate of drug-likeness (QED) is 0.705. The van der Waals surface area contributed by atoms with Crippen molar-refractivity contribution in [2.75, 3.05) is 6.67 Å². The van der Waals surface area contributed by atoms with Crippen molar-refractivity contribution in [2.45, 2.75) is 11.8 Å². The lowest BCUT2D eigenvalue weighted by molar-refractivity contribution is -0.116. The molecule has 1 amide bonds. The van der Waals surface area contributed by atoms with Crippen LogP contribution < -0.4 is 5.32 Å². The maximum Gasteiger partial charge on any atom is 0.255 e. The molecule has 0 aromatic heterocycles. The van der Waals surface area contributed by atoms with E-state index < -0.39 is 0 Å². The van der Waals surface area contributed by atoms with Gasteiger partial charge in [0.1, 0.15) is 17.5 Å². The van der Waals surface area contributed by atoms with Gasteiger partial charge in [-0.1, -0.05) is 41.0 Å². The van der Waals surface area contributed by atoms with Gasteiger partial charge in [0.15, 0.2) is 0 Å². The number of carbonyl (C=O) groups excluding carboxylic acids is 1. The van der Waals surface area contributed by atoms with Gasteiger partial charge in [0, 0.05) is 10.5 Å². The van der Waals surface area contributed by atoms with Crippen LogP contribution in [0.25, 0.3) is 5.57 Å². The Morgan fingerprint density at radius 1 is 1.18 bits per heavy atom. The largest absolute Gasteiger partial charge is 0.333 e. The summed E-state index contributed by atoms with van der Waals surface area (Å²) in [4.78, 5) is 13.5. The number of allylic oxidation sites excluding steroid dienone is 1. The summed E-state index contributed by atoms with van der Waals surface area (Å²) < 4.78 is 13.3. The van der Waals surface area contributed by atoms with E-state index in [0.717, 1.165) is 15.5 Å². The minimum Gasteiger partial charge on any atom is -0.333 e. The first-order valence-corrected chi connectivity index (χ1v) is 9.96. The lowest BCUT2D eigenvalue weighted by atomic mass is 10.0. The van der Waals surface area contributed by atoms with Gasteiger partial charge < -0.3 is 5.32 Å². The molecule has 0 radical (unpaired) electrons. The van der Waals surface area contributed by atoms with Gasteiger partial charge in [-0.15, -0.1) is 0 Å². The van der Waals surface area contributed by atoms with Crippen molar-refractivity contribution in [1.82, 2.24) is 10.3 Å². The summed E-state index contributed by atoms with van der Waals surface area (Å²) in [6.07, 6.45) is 3.64. The Balaban J connectivity index is 1.71. The van der Waals surface area contributed by atoms with Crippen LogP contribution in [-0.4, -0.2) is 22.6 Å². The van der Waals surface area contributed by atoms with E-state index in [9.17, 15) is 9.18 Å². The summed E-state index contributed by atoms with van der Waals surface area (Å²) in [5.41, 5.74) is 2.31. The van der Waals surface area contributed by atoms with Crippen LogP contribution in [0.4, 0.5) is 4.39 Å². The number of rotatable bonds is 2. The van der Waals surface area contributed by atoms with Crippen LogP contribution >= 0.6 is 35.0 Å². The third-order valence-electron chi connectivity index (χ3n) is 4.32. The maximum atomic E-state index is 13.3. The van der Waals surface area contributed by atoms with E-state index in [4.69, 9.17) is 23.2 Å². The lowest BCUT2D eigenvalue weighted by Crippen LogP contribution is -2.42. The van der Waals surface area contributed by atoms with Crippen molar-refractivity contribution in [1.29, 1.82) is 0 Å². The normalized spacial score (nSPS) is 16.1. The van der Waals surface area contributed by atoms with Crippen molar-refractivity contribution >= 4 is 51.5 Å². The molecule has 0 spiro atoms. The first kappa shape index (κ1) is 19.1. The fourth-order valence-electron chi connectivity index (χ4n) is 3.00. The zero-order chi connectivity index (χ0) is 19.8. The smallest absolute Gasteiger partial charge is 0.255 e. The number of benzene rings is 2. The summed E-state index contributed by atoms with van der Waals surface area (Å²) in [6.45, 7) is 2.08. The standard InChI is InChI=1S/C20H14Cl2FN3OS/c1-11-9-12(23)5-7-16(11)28-17-8-6-15-19(20(27)24-10-26(15)25-17)18-13(21)3-2-4-14(18)22/h2-9H,10H2,1H3,(H,24,27). The van der Waals surface area contributed by atoms with E-state index in [-0.39, 0.29) is 18.4 Å². The van der Waals surface area contributed by atoms with Crippen LogP contribution in [0.15, 0.2) is 64.2 Å². The molecular weight excluding hydrogens is 420 g/mol. The van der Waals surface area contributed by atoms with Gasteiger partial charge in [0.05, 0.1) is 21.3 Å². The number of hydrazone groups is 1. The third kappa shape index (κ3) is 3.55. The van der Waals surface area contributed by atoms with Gasteiger partial charge in [-0.2, -0.15) is 5.10 Å². The zero-order valence-corrected chi connectivity index (χ0v) is 17.0. The highest BCUT2D eigenvalue weighted by atomic mass is 35.5. The van der Waals surface area contributed by atoms with Crippen LogP contribution in [0.2, 0.25) is 10.0 Å². The van der Waals surface area contributed by atoms with Gasteiger partial charge in [-0.25, -0.2) is 9.40 Å². The molecule has 0 atom stereocenters. The molecule has 0 fully saturated rings. The molecule has 0 bridgehead atoms. The molecule has 4 rings (SSSR count). The Morgan fingerprint density at radius 2 is 1.93 bits per heavy atom. The van der Waals surface area contributed by atoms with E-state index in [1.54, 1.807) is 29.3 Å². The fourth-order valence-corrected chi connectivity index (χ4v) is 4.44. The Bertz CT molecular complexity index is 1060. The predicted molar refractivity (Wildman–Crippen MR) is 112 cm³/mol. The molecular formula is C20H14Cl2FN3OS. The SMILES string of the molecule is Cc1cc(F)ccc1SC1=NN2CNC(=O)C(c3c(Cl)cccc3Cl)=C2C=C1. The zero-order valence-electron chi connectivity index (χ0n) is 14.7. The molecule has 0 aliphatic carbocycles. The summed E-state index contributed by atoms with van der Waals surface area (Å²) in [5.74, 6) is -0.528. The number of thioether (sulfide) groups is 1. The third-order valence-corrected chi connectivity index (χ3v) is 6.05. The number of carbonyl (C=O) groups is 1. The van der Waals surface area contributed by atoms with Crippen molar-refractivity contribution < 1.29 is 9.18 Å². The van der Waals surface area contributed by atoms with E-state index in [1.807, 2.05) is 19.1 Å². The second-order valence-corrected chi connectivity index (χ2v) is 8.08. The number of aryl methyl sites for hydroxylation is 1. The number of fused-ring (bicyclic) bond motifs is 1. The summed E-state index contributed by atoms with van der Waals surface area (Å²) >= 11 is 14.1. The molecule has 2 aromatic carbocycles. The minimum atomic E-state index is -0.270. The highest BCUT2D eigenvalue weighted by molar-refractivity contribution is 8.14. The van der Waals surface area contributed by atoms with E-state index in [2.05, 4.69) is 10.4 Å². The molecule has 28 heavy (non-hydrogen) atoms. The van der Waals surface area contributed by atoms with Crippen molar-refractivity contribution in [3.8, 4) is 0 Å². The monoisotopic (exact) mass is 433 g/mol.